The number of aromatic nitrogens is 4. The first-order chi connectivity index (χ1) is 9.24. The molecule has 19 heavy (non-hydrogen) atoms. The molecule has 0 radical (unpaired) electrons. The highest BCUT2D eigenvalue weighted by atomic mass is 16.2. The van der Waals surface area contributed by atoms with Gasteiger partial charge in [-0.05, 0) is 25.0 Å². The van der Waals surface area contributed by atoms with Crippen LogP contribution in [0.15, 0.2) is 16.9 Å². The minimum atomic E-state index is -0.306. The molecule has 6 nitrogen and oxygen atoms in total. The number of H-pyrrole nitrogens is 1. The zero-order chi connectivity index (χ0) is 13.7. The van der Waals surface area contributed by atoms with Gasteiger partial charge in [0.2, 0.25) is 0 Å². The number of aromatic amines is 1. The number of anilines is 1. The van der Waals surface area contributed by atoms with Gasteiger partial charge >= 0.3 is 5.69 Å². The Morgan fingerprint density at radius 1 is 1.32 bits per heavy atom. The molecule has 0 bridgehead atoms. The van der Waals surface area contributed by atoms with E-state index < -0.39 is 0 Å². The molecule has 0 aromatic carbocycles. The highest BCUT2D eigenvalue weighted by molar-refractivity contribution is 5.43. The molecule has 2 aromatic heterocycles. The SMILES string of the molecule is CCCCC(CCC)Nc1ccc2n[nH]c(=O)n2n1. The maximum Gasteiger partial charge on any atom is 0.364 e. The summed E-state index contributed by atoms with van der Waals surface area (Å²) in [6.45, 7) is 4.37. The van der Waals surface area contributed by atoms with Crippen LogP contribution in [-0.4, -0.2) is 25.9 Å². The van der Waals surface area contributed by atoms with Crippen LogP contribution in [0, 0.1) is 0 Å². The molecule has 104 valence electrons. The van der Waals surface area contributed by atoms with Crippen molar-refractivity contribution >= 4 is 11.5 Å². The van der Waals surface area contributed by atoms with Crippen molar-refractivity contribution in [1.82, 2.24) is 19.8 Å². The Balaban J connectivity index is 2.13. The topological polar surface area (TPSA) is 75.1 Å². The van der Waals surface area contributed by atoms with Crippen molar-refractivity contribution in [3.05, 3.63) is 22.6 Å². The Hall–Kier alpha value is -1.85. The molecule has 0 spiro atoms. The summed E-state index contributed by atoms with van der Waals surface area (Å²) < 4.78 is 1.28. The molecule has 1 unspecified atom stereocenters. The van der Waals surface area contributed by atoms with Gasteiger partial charge in [-0.3, -0.25) is 0 Å². The van der Waals surface area contributed by atoms with Crippen LogP contribution < -0.4 is 11.0 Å². The van der Waals surface area contributed by atoms with E-state index >= 15 is 0 Å². The lowest BCUT2D eigenvalue weighted by atomic mass is 10.1. The lowest BCUT2D eigenvalue weighted by Crippen LogP contribution is -2.21. The van der Waals surface area contributed by atoms with Crippen LogP contribution in [0.1, 0.15) is 46.0 Å². The number of nitrogens with zero attached hydrogens (tertiary/aromatic N) is 3. The average Bonchev–Trinajstić information content (AvgIpc) is 2.78. The van der Waals surface area contributed by atoms with E-state index in [0.29, 0.717) is 11.7 Å². The maximum absolute atomic E-state index is 11.5. The van der Waals surface area contributed by atoms with E-state index in [1.54, 1.807) is 6.07 Å². The zero-order valence-corrected chi connectivity index (χ0v) is 11.5. The van der Waals surface area contributed by atoms with Crippen LogP contribution in [-0.2, 0) is 0 Å². The predicted molar refractivity (Wildman–Crippen MR) is 75.5 cm³/mol. The first-order valence-electron chi connectivity index (χ1n) is 6.95. The van der Waals surface area contributed by atoms with E-state index in [-0.39, 0.29) is 5.69 Å². The maximum atomic E-state index is 11.5. The number of fused-ring (bicyclic) bond motifs is 1. The lowest BCUT2D eigenvalue weighted by molar-refractivity contribution is 0.561. The van der Waals surface area contributed by atoms with Gasteiger partial charge in [-0.25, -0.2) is 9.89 Å². The molecule has 0 aliphatic rings. The van der Waals surface area contributed by atoms with E-state index in [1.807, 2.05) is 6.07 Å². The van der Waals surface area contributed by atoms with Gasteiger partial charge in [0.05, 0.1) is 0 Å². The largest absolute Gasteiger partial charge is 0.366 e. The van der Waals surface area contributed by atoms with Crippen LogP contribution in [0.3, 0.4) is 0 Å². The molecule has 0 saturated heterocycles. The third-order valence-corrected chi connectivity index (χ3v) is 3.17. The standard InChI is InChI=1S/C13H21N5O/c1-3-5-7-10(6-4-2)14-11-8-9-12-15-16-13(19)18(12)17-11/h8-10H,3-7H2,1-2H3,(H,14,17)(H,16,19). The molecule has 0 aliphatic carbocycles. The predicted octanol–water partition coefficient (Wildman–Crippen LogP) is 2.19. The normalized spacial score (nSPS) is 12.7. The van der Waals surface area contributed by atoms with E-state index in [0.717, 1.165) is 25.1 Å². The van der Waals surface area contributed by atoms with Crippen molar-refractivity contribution in [1.29, 1.82) is 0 Å². The Bertz CT molecular complexity index is 574. The molecule has 0 fully saturated rings. The summed E-state index contributed by atoms with van der Waals surface area (Å²) in [5, 5.41) is 13.9. The zero-order valence-electron chi connectivity index (χ0n) is 11.5. The second kappa shape index (κ2) is 6.36. The van der Waals surface area contributed by atoms with Gasteiger partial charge in [0.1, 0.15) is 5.82 Å². The van der Waals surface area contributed by atoms with Gasteiger partial charge in [-0.15, -0.1) is 5.10 Å². The fourth-order valence-electron chi connectivity index (χ4n) is 2.18. The molecule has 2 aromatic rings. The number of unbranched alkanes of at least 4 members (excludes halogenated alkanes) is 1. The smallest absolute Gasteiger partial charge is 0.364 e. The van der Waals surface area contributed by atoms with Gasteiger partial charge in [0.25, 0.3) is 0 Å². The Kier molecular flexibility index (Phi) is 4.54. The fourth-order valence-corrected chi connectivity index (χ4v) is 2.18. The van der Waals surface area contributed by atoms with Crippen molar-refractivity contribution < 1.29 is 0 Å². The summed E-state index contributed by atoms with van der Waals surface area (Å²) in [4.78, 5) is 11.5. The summed E-state index contributed by atoms with van der Waals surface area (Å²) in [6, 6.07) is 4.07. The second-order valence-electron chi connectivity index (χ2n) is 4.79. The van der Waals surface area contributed by atoms with Gasteiger partial charge in [0, 0.05) is 6.04 Å². The first kappa shape index (κ1) is 13.6. The van der Waals surface area contributed by atoms with Gasteiger partial charge in [-0.2, -0.15) is 9.61 Å². The van der Waals surface area contributed by atoms with Crippen LogP contribution >= 0.6 is 0 Å². The quantitative estimate of drug-likeness (QED) is 0.803. The minimum Gasteiger partial charge on any atom is -0.366 e. The Labute approximate surface area is 112 Å². The summed E-state index contributed by atoms with van der Waals surface area (Å²) in [5.74, 6) is 0.727. The van der Waals surface area contributed by atoms with Crippen LogP contribution in [0.25, 0.3) is 5.65 Å². The molecule has 2 rings (SSSR count). The molecular weight excluding hydrogens is 242 g/mol. The first-order valence-corrected chi connectivity index (χ1v) is 6.95. The molecule has 1 atom stereocenters. The number of rotatable bonds is 7. The van der Waals surface area contributed by atoms with Crippen molar-refractivity contribution in [2.75, 3.05) is 5.32 Å². The Morgan fingerprint density at radius 3 is 2.89 bits per heavy atom. The van der Waals surface area contributed by atoms with Gasteiger partial charge in [-0.1, -0.05) is 33.1 Å². The summed E-state index contributed by atoms with van der Waals surface area (Å²) in [5.41, 5.74) is 0.232. The van der Waals surface area contributed by atoms with E-state index in [9.17, 15) is 4.79 Å². The Morgan fingerprint density at radius 2 is 2.16 bits per heavy atom. The molecule has 0 saturated carbocycles. The van der Waals surface area contributed by atoms with Gasteiger partial charge < -0.3 is 5.32 Å². The third kappa shape index (κ3) is 3.33. The van der Waals surface area contributed by atoms with Gasteiger partial charge in [0.15, 0.2) is 5.65 Å². The average molecular weight is 263 g/mol. The van der Waals surface area contributed by atoms with E-state index in [2.05, 4.69) is 34.5 Å². The number of nitrogens with one attached hydrogen (secondary N) is 2. The lowest BCUT2D eigenvalue weighted by Gasteiger charge is -2.18. The number of hydrogen-bond donors (Lipinski definition) is 2. The third-order valence-electron chi connectivity index (χ3n) is 3.17. The monoisotopic (exact) mass is 263 g/mol. The van der Waals surface area contributed by atoms with Crippen LogP contribution in [0.2, 0.25) is 0 Å². The molecule has 0 amide bonds. The van der Waals surface area contributed by atoms with Crippen molar-refractivity contribution in [3.63, 3.8) is 0 Å². The van der Waals surface area contributed by atoms with Crippen molar-refractivity contribution in [3.8, 4) is 0 Å². The molecule has 2 heterocycles. The molecule has 0 aliphatic heterocycles. The van der Waals surface area contributed by atoms with E-state index in [4.69, 9.17) is 0 Å². The highest BCUT2D eigenvalue weighted by Crippen LogP contribution is 2.13. The minimum absolute atomic E-state index is 0.306. The highest BCUT2D eigenvalue weighted by Gasteiger charge is 2.09. The number of hydrogen-bond acceptors (Lipinski definition) is 4. The molecule has 6 heteroatoms. The van der Waals surface area contributed by atoms with E-state index in [1.165, 1.54) is 17.4 Å². The van der Waals surface area contributed by atoms with Crippen LogP contribution in [0.4, 0.5) is 5.82 Å². The van der Waals surface area contributed by atoms with Crippen molar-refractivity contribution in [2.45, 2.75) is 52.0 Å². The fraction of sp³-hybridized carbons (Fsp3) is 0.615. The summed E-state index contributed by atoms with van der Waals surface area (Å²) >= 11 is 0. The second-order valence-corrected chi connectivity index (χ2v) is 4.79. The summed E-state index contributed by atoms with van der Waals surface area (Å²) in [6.07, 6.45) is 5.76. The molecule has 2 N–H and O–H groups in total. The summed E-state index contributed by atoms with van der Waals surface area (Å²) in [7, 11) is 0. The van der Waals surface area contributed by atoms with Crippen molar-refractivity contribution in [2.24, 2.45) is 0 Å². The molecular formula is C13H21N5O. The van der Waals surface area contributed by atoms with Crippen LogP contribution in [0.5, 0.6) is 0 Å².